The number of halogens is 2. The minimum Gasteiger partial charge on any atom is -0.464 e. The van der Waals surface area contributed by atoms with Crippen LogP contribution in [0.4, 0.5) is 20.2 Å². The molecule has 0 aliphatic heterocycles. The molecule has 0 saturated heterocycles. The number of hydrogen-bond donors (Lipinski definition) is 2. The molecule has 0 fully saturated rings. The van der Waals surface area contributed by atoms with E-state index in [0.29, 0.717) is 5.69 Å². The fourth-order valence-electron chi connectivity index (χ4n) is 3.87. The van der Waals surface area contributed by atoms with Crippen LogP contribution >= 0.6 is 11.3 Å². The molecule has 4 aromatic rings. The Morgan fingerprint density at radius 2 is 2.08 bits per heavy atom. The largest absolute Gasteiger partial charge is 0.464 e. The maximum atomic E-state index is 13.5. The molecule has 0 aromatic carbocycles. The maximum absolute atomic E-state index is 13.5. The van der Waals surface area contributed by atoms with Gasteiger partial charge in [-0.1, -0.05) is 6.92 Å². The van der Waals surface area contributed by atoms with Crippen molar-refractivity contribution in [3.63, 3.8) is 0 Å². The predicted molar refractivity (Wildman–Crippen MR) is 127 cm³/mol. The van der Waals surface area contributed by atoms with Crippen LogP contribution in [0.2, 0.25) is 0 Å². The average Bonchev–Trinajstić information content (AvgIpc) is 3.51. The molecule has 11 nitrogen and oxygen atoms in total. The molecule has 14 heteroatoms. The van der Waals surface area contributed by atoms with Gasteiger partial charge in [0.1, 0.15) is 32.5 Å². The molecule has 188 valence electrons. The van der Waals surface area contributed by atoms with Crippen molar-refractivity contribution >= 4 is 44.7 Å². The number of amides is 2. The quantitative estimate of drug-likeness (QED) is 0.255. The average molecular weight is 519 g/mol. The van der Waals surface area contributed by atoms with Crippen molar-refractivity contribution in [1.82, 2.24) is 14.8 Å². The Hall–Kier alpha value is -4.20. The normalized spacial score (nSPS) is 12.3. The number of nitrogens with one attached hydrogen (secondary N) is 1. The van der Waals surface area contributed by atoms with Gasteiger partial charge in [-0.15, -0.1) is 11.3 Å². The summed E-state index contributed by atoms with van der Waals surface area (Å²) in [5.41, 5.74) is 5.62. The van der Waals surface area contributed by atoms with Gasteiger partial charge in [-0.2, -0.15) is 5.10 Å². The number of aryl methyl sites for hydroxylation is 1. The molecule has 1 unspecified atom stereocenters. The second-order valence-corrected chi connectivity index (χ2v) is 9.07. The van der Waals surface area contributed by atoms with Crippen LogP contribution < -0.4 is 11.1 Å². The summed E-state index contributed by atoms with van der Waals surface area (Å²) >= 11 is 0.776. The third-order valence-corrected chi connectivity index (χ3v) is 6.68. The highest BCUT2D eigenvalue weighted by Crippen LogP contribution is 2.42. The lowest BCUT2D eigenvalue weighted by molar-refractivity contribution is -0.386. The molecule has 3 N–H and O–H groups in total. The van der Waals surface area contributed by atoms with Gasteiger partial charge in [-0.25, -0.2) is 13.8 Å². The molecular weight excluding hydrogens is 498 g/mol. The van der Waals surface area contributed by atoms with E-state index in [1.165, 1.54) is 24.8 Å². The Kier molecular flexibility index (Phi) is 6.54. The first-order valence-corrected chi connectivity index (χ1v) is 11.4. The minimum absolute atomic E-state index is 0.0130. The number of rotatable bonds is 8. The third-order valence-electron chi connectivity index (χ3n) is 5.58. The van der Waals surface area contributed by atoms with Crippen molar-refractivity contribution in [1.29, 1.82) is 0 Å². The number of hydrogen-bond acceptors (Lipinski definition) is 8. The van der Waals surface area contributed by atoms with Gasteiger partial charge in [-0.3, -0.25) is 24.4 Å². The number of nitrogens with two attached hydrogens (primary N) is 1. The van der Waals surface area contributed by atoms with Gasteiger partial charge in [0.2, 0.25) is 5.91 Å². The predicted octanol–water partition coefficient (Wildman–Crippen LogP) is 4.59. The molecule has 0 saturated carbocycles. The van der Waals surface area contributed by atoms with Crippen LogP contribution in [0, 0.1) is 29.9 Å². The summed E-state index contributed by atoms with van der Waals surface area (Å²) in [6, 6.07) is 4.26. The number of pyridine rings is 1. The van der Waals surface area contributed by atoms with E-state index in [1.54, 1.807) is 19.1 Å². The van der Waals surface area contributed by atoms with Crippen LogP contribution in [0.15, 0.2) is 28.9 Å². The number of aromatic nitrogens is 3. The Balaban J connectivity index is 1.75. The highest BCUT2D eigenvalue weighted by atomic mass is 32.1. The molecule has 2 amide bonds. The molecular formula is C22H20F2N6O5S. The second-order valence-electron chi connectivity index (χ2n) is 8.07. The van der Waals surface area contributed by atoms with E-state index < -0.39 is 34.8 Å². The van der Waals surface area contributed by atoms with Crippen molar-refractivity contribution in [3.8, 4) is 11.3 Å². The second kappa shape index (κ2) is 9.45. The van der Waals surface area contributed by atoms with Crippen LogP contribution in [-0.2, 0) is 11.3 Å². The van der Waals surface area contributed by atoms with E-state index in [2.05, 4.69) is 15.4 Å². The lowest BCUT2D eigenvalue weighted by atomic mass is 10.1. The summed E-state index contributed by atoms with van der Waals surface area (Å²) in [5, 5.41) is 18.3. The molecule has 4 aromatic heterocycles. The summed E-state index contributed by atoms with van der Waals surface area (Å²) in [4.78, 5) is 40.1. The van der Waals surface area contributed by atoms with Crippen molar-refractivity contribution in [2.75, 3.05) is 5.32 Å². The zero-order chi connectivity index (χ0) is 26.3. The highest BCUT2D eigenvalue weighted by Gasteiger charge is 2.28. The Morgan fingerprint density at radius 1 is 1.36 bits per heavy atom. The number of fused-ring (bicyclic) bond motifs is 1. The number of alkyl halides is 2. The molecule has 0 aliphatic rings. The zero-order valence-electron chi connectivity index (χ0n) is 19.2. The van der Waals surface area contributed by atoms with E-state index in [4.69, 9.17) is 10.2 Å². The van der Waals surface area contributed by atoms with Gasteiger partial charge >= 0.3 is 5.69 Å². The van der Waals surface area contributed by atoms with Crippen LogP contribution in [-0.4, -0.2) is 31.5 Å². The standard InChI is InChI=1S/C22H20F2N6O5S/c1-9(8-29-11(3)17(30(33)34)10(2)28-29)21(32)27-16-15-12(14-5-4-6-35-14)7-13(19(23)24)26-22(15)36-18(16)20(25)31/h4-7,9,19H,8H2,1-3H3,(H2,25,31)(H,27,32). The first-order valence-electron chi connectivity index (χ1n) is 10.6. The van der Waals surface area contributed by atoms with Crippen LogP contribution in [0.25, 0.3) is 21.5 Å². The number of furan rings is 1. The molecule has 4 heterocycles. The molecule has 0 radical (unpaired) electrons. The smallest absolute Gasteiger partial charge is 0.312 e. The fraction of sp³-hybridized carbons (Fsp3) is 0.273. The monoisotopic (exact) mass is 518 g/mol. The van der Waals surface area contributed by atoms with Crippen molar-refractivity contribution in [3.05, 3.63) is 56.5 Å². The number of nitro groups is 1. The van der Waals surface area contributed by atoms with E-state index in [0.717, 1.165) is 17.4 Å². The molecule has 0 bridgehead atoms. The van der Waals surface area contributed by atoms with Gasteiger partial charge in [0.15, 0.2) is 0 Å². The highest BCUT2D eigenvalue weighted by molar-refractivity contribution is 7.21. The summed E-state index contributed by atoms with van der Waals surface area (Å²) in [6.45, 7) is 4.62. The van der Waals surface area contributed by atoms with E-state index >= 15 is 0 Å². The number of thiophene rings is 1. The third kappa shape index (κ3) is 4.42. The lowest BCUT2D eigenvalue weighted by Crippen LogP contribution is -2.26. The zero-order valence-corrected chi connectivity index (χ0v) is 20.1. The van der Waals surface area contributed by atoms with Gasteiger partial charge in [-0.05, 0) is 32.0 Å². The summed E-state index contributed by atoms with van der Waals surface area (Å²) < 4.78 is 33.8. The number of primary amides is 1. The van der Waals surface area contributed by atoms with Crippen LogP contribution in [0.1, 0.15) is 40.1 Å². The minimum atomic E-state index is -2.88. The number of anilines is 1. The van der Waals surface area contributed by atoms with E-state index in [-0.39, 0.29) is 50.0 Å². The van der Waals surface area contributed by atoms with Crippen LogP contribution in [0.5, 0.6) is 0 Å². The molecule has 0 aliphatic carbocycles. The molecule has 1 atom stereocenters. The van der Waals surface area contributed by atoms with E-state index in [9.17, 15) is 28.5 Å². The summed E-state index contributed by atoms with van der Waals surface area (Å²) in [6.07, 6.45) is -1.52. The first-order chi connectivity index (χ1) is 17.0. The van der Waals surface area contributed by atoms with Crippen molar-refractivity contribution < 1.29 is 27.7 Å². The maximum Gasteiger partial charge on any atom is 0.312 e. The topological polar surface area (TPSA) is 159 Å². The van der Waals surface area contributed by atoms with Crippen molar-refractivity contribution in [2.45, 2.75) is 33.7 Å². The van der Waals surface area contributed by atoms with Gasteiger partial charge in [0.25, 0.3) is 12.3 Å². The summed E-state index contributed by atoms with van der Waals surface area (Å²) in [5.74, 6) is -1.94. The molecule has 4 rings (SSSR count). The fourth-order valence-corrected chi connectivity index (χ4v) is 4.88. The number of carbonyl (C=O) groups excluding carboxylic acids is 2. The van der Waals surface area contributed by atoms with E-state index in [1.807, 2.05) is 0 Å². The SMILES string of the molecule is Cc1nn(CC(C)C(=O)Nc2c(C(N)=O)sc3nc(C(F)F)cc(-c4ccco4)c23)c(C)c1[N+](=O)[O-]. The Bertz CT molecular complexity index is 1490. The van der Waals surface area contributed by atoms with Crippen LogP contribution in [0.3, 0.4) is 0 Å². The van der Waals surface area contributed by atoms with Gasteiger partial charge < -0.3 is 15.5 Å². The molecule has 0 spiro atoms. The summed E-state index contributed by atoms with van der Waals surface area (Å²) in [7, 11) is 0. The van der Waals surface area contributed by atoms with Gasteiger partial charge in [0, 0.05) is 10.9 Å². The number of nitrogens with zero attached hydrogens (tertiary/aromatic N) is 4. The molecule has 36 heavy (non-hydrogen) atoms. The first kappa shape index (κ1) is 24.9. The lowest BCUT2D eigenvalue weighted by Gasteiger charge is -2.14. The van der Waals surface area contributed by atoms with Crippen molar-refractivity contribution in [2.24, 2.45) is 11.7 Å². The Morgan fingerprint density at radius 3 is 2.64 bits per heavy atom. The van der Waals surface area contributed by atoms with Gasteiger partial charge in [0.05, 0.1) is 29.3 Å². The number of carbonyl (C=O) groups is 2. The Labute approximate surface area is 206 Å².